The van der Waals surface area contributed by atoms with Gasteiger partial charge >= 0.3 is 0 Å². The van der Waals surface area contributed by atoms with Gasteiger partial charge in [0.1, 0.15) is 0 Å². The van der Waals surface area contributed by atoms with Gasteiger partial charge in [-0.25, -0.2) is 0 Å². The Bertz CT molecular complexity index is 411. The van der Waals surface area contributed by atoms with Gasteiger partial charge in [-0.1, -0.05) is 19.3 Å². The maximum Gasteiger partial charge on any atom is 0.0765 e. The average Bonchev–Trinajstić information content (AvgIpc) is 2.95. The van der Waals surface area contributed by atoms with E-state index < -0.39 is 5.60 Å². The highest BCUT2D eigenvalue weighted by molar-refractivity contribution is 5.00. The lowest BCUT2D eigenvalue weighted by Gasteiger charge is -2.23. The minimum absolute atomic E-state index is 0.548. The fourth-order valence-corrected chi connectivity index (χ4v) is 2.89. The van der Waals surface area contributed by atoms with E-state index in [1.54, 1.807) is 7.11 Å². The number of nitrogens with one attached hydrogen (secondary N) is 1. The van der Waals surface area contributed by atoms with E-state index in [1.807, 2.05) is 6.92 Å². The molecule has 1 atom stereocenters. The second-order valence-corrected chi connectivity index (χ2v) is 6.42. The van der Waals surface area contributed by atoms with Gasteiger partial charge in [0.25, 0.3) is 0 Å². The van der Waals surface area contributed by atoms with Crippen molar-refractivity contribution in [3.8, 4) is 0 Å². The first-order chi connectivity index (χ1) is 10.1. The number of aromatic nitrogens is 2. The first-order valence-corrected chi connectivity index (χ1v) is 8.07. The Labute approximate surface area is 127 Å². The molecule has 120 valence electrons. The molecular weight excluding hydrogens is 266 g/mol. The maximum absolute atomic E-state index is 10.2. The number of methoxy groups -OCH3 is 1. The Balaban J connectivity index is 1.75. The zero-order valence-corrected chi connectivity index (χ0v) is 13.3. The number of nitrogens with zero attached hydrogens (tertiary/aromatic N) is 2. The number of ether oxygens (including phenoxy) is 1. The van der Waals surface area contributed by atoms with Gasteiger partial charge in [-0.3, -0.25) is 4.68 Å². The van der Waals surface area contributed by atoms with Crippen LogP contribution in [0.1, 0.15) is 57.2 Å². The molecule has 1 aliphatic carbocycles. The minimum Gasteiger partial charge on any atom is -0.389 e. The molecule has 1 aromatic rings. The molecule has 21 heavy (non-hydrogen) atoms. The summed E-state index contributed by atoms with van der Waals surface area (Å²) in [5, 5.41) is 18.1. The molecule has 0 saturated heterocycles. The van der Waals surface area contributed by atoms with Crippen molar-refractivity contribution in [1.82, 2.24) is 15.1 Å². The Kier molecular flexibility index (Phi) is 6.21. The number of aliphatic hydroxyl groups is 1. The molecule has 1 saturated carbocycles. The lowest BCUT2D eigenvalue weighted by molar-refractivity contribution is 0.0247. The van der Waals surface area contributed by atoms with Crippen molar-refractivity contribution in [3.05, 3.63) is 18.0 Å². The van der Waals surface area contributed by atoms with E-state index in [0.29, 0.717) is 32.2 Å². The summed E-state index contributed by atoms with van der Waals surface area (Å²) in [5.74, 6) is 0. The molecule has 1 heterocycles. The van der Waals surface area contributed by atoms with Crippen LogP contribution in [0.25, 0.3) is 0 Å². The zero-order chi connectivity index (χ0) is 15.1. The van der Waals surface area contributed by atoms with Crippen LogP contribution in [-0.4, -0.2) is 40.7 Å². The lowest BCUT2D eigenvalue weighted by atomic mass is 9.96. The van der Waals surface area contributed by atoms with Crippen molar-refractivity contribution in [2.75, 3.05) is 20.3 Å². The van der Waals surface area contributed by atoms with Crippen LogP contribution >= 0.6 is 0 Å². The van der Waals surface area contributed by atoms with Crippen LogP contribution in [0.4, 0.5) is 0 Å². The van der Waals surface area contributed by atoms with Crippen LogP contribution in [0.2, 0.25) is 0 Å². The summed E-state index contributed by atoms with van der Waals surface area (Å²) in [6, 6.07) is 2.66. The Morgan fingerprint density at radius 3 is 2.90 bits per heavy atom. The summed E-state index contributed by atoms with van der Waals surface area (Å²) in [6.45, 7) is 3.65. The quantitative estimate of drug-likeness (QED) is 0.772. The molecule has 1 unspecified atom stereocenters. The Morgan fingerprint density at radius 1 is 1.43 bits per heavy atom. The first-order valence-electron chi connectivity index (χ1n) is 8.07. The summed E-state index contributed by atoms with van der Waals surface area (Å²) in [5.41, 5.74) is 0.310. The summed E-state index contributed by atoms with van der Waals surface area (Å²) in [6.07, 6.45) is 9.23. The van der Waals surface area contributed by atoms with E-state index in [-0.39, 0.29) is 0 Å². The van der Waals surface area contributed by atoms with Crippen molar-refractivity contribution < 1.29 is 9.84 Å². The highest BCUT2D eigenvalue weighted by Crippen LogP contribution is 2.27. The number of hydrogen-bond donors (Lipinski definition) is 2. The first kappa shape index (κ1) is 16.5. The molecule has 0 radical (unpaired) electrons. The Hall–Kier alpha value is -0.910. The predicted octanol–water partition coefficient (Wildman–Crippen LogP) is 2.27. The summed E-state index contributed by atoms with van der Waals surface area (Å²) < 4.78 is 7.13. The van der Waals surface area contributed by atoms with Gasteiger partial charge in [-0.15, -0.1) is 0 Å². The van der Waals surface area contributed by atoms with E-state index >= 15 is 0 Å². The standard InChI is InChI=1S/C16H29N3O2/c1-16(20,9-11-21-2)13-17-12-14-8-10-19(18-14)15-6-4-3-5-7-15/h8,10,15,17,20H,3-7,9,11-13H2,1-2H3. The molecular formula is C16H29N3O2. The van der Waals surface area contributed by atoms with E-state index in [4.69, 9.17) is 4.74 Å². The average molecular weight is 295 g/mol. The molecule has 1 fully saturated rings. The van der Waals surface area contributed by atoms with E-state index in [0.717, 1.165) is 5.69 Å². The maximum atomic E-state index is 10.2. The number of rotatable bonds is 8. The summed E-state index contributed by atoms with van der Waals surface area (Å²) >= 11 is 0. The smallest absolute Gasteiger partial charge is 0.0765 e. The predicted molar refractivity (Wildman–Crippen MR) is 83.2 cm³/mol. The van der Waals surface area contributed by atoms with Gasteiger partial charge in [0, 0.05) is 39.4 Å². The largest absolute Gasteiger partial charge is 0.389 e. The van der Waals surface area contributed by atoms with Crippen LogP contribution in [0.3, 0.4) is 0 Å². The van der Waals surface area contributed by atoms with Gasteiger partial charge in [0.2, 0.25) is 0 Å². The van der Waals surface area contributed by atoms with Crippen LogP contribution in [-0.2, 0) is 11.3 Å². The molecule has 0 bridgehead atoms. The zero-order valence-electron chi connectivity index (χ0n) is 13.3. The molecule has 1 aromatic heterocycles. The van der Waals surface area contributed by atoms with E-state index in [2.05, 4.69) is 27.4 Å². The normalized spacial score (nSPS) is 19.6. The van der Waals surface area contributed by atoms with Crippen molar-refractivity contribution in [3.63, 3.8) is 0 Å². The molecule has 5 nitrogen and oxygen atoms in total. The van der Waals surface area contributed by atoms with Crippen LogP contribution < -0.4 is 5.32 Å². The second-order valence-electron chi connectivity index (χ2n) is 6.42. The van der Waals surface area contributed by atoms with Crippen LogP contribution in [0.15, 0.2) is 12.3 Å². The molecule has 0 aromatic carbocycles. The highest BCUT2D eigenvalue weighted by atomic mass is 16.5. The van der Waals surface area contributed by atoms with Crippen molar-refractivity contribution in [2.24, 2.45) is 0 Å². The molecule has 5 heteroatoms. The number of hydrogen-bond acceptors (Lipinski definition) is 4. The topological polar surface area (TPSA) is 59.3 Å². The van der Waals surface area contributed by atoms with Gasteiger partial charge in [0.15, 0.2) is 0 Å². The second kappa shape index (κ2) is 7.92. The molecule has 0 amide bonds. The fraction of sp³-hybridized carbons (Fsp3) is 0.812. The van der Waals surface area contributed by atoms with Gasteiger partial charge in [0.05, 0.1) is 17.3 Å². The van der Waals surface area contributed by atoms with E-state index in [1.165, 1.54) is 32.1 Å². The molecule has 2 rings (SSSR count). The molecule has 0 aliphatic heterocycles. The minimum atomic E-state index is -0.734. The molecule has 0 spiro atoms. The van der Waals surface area contributed by atoms with Crippen molar-refractivity contribution >= 4 is 0 Å². The highest BCUT2D eigenvalue weighted by Gasteiger charge is 2.20. The fourth-order valence-electron chi connectivity index (χ4n) is 2.89. The van der Waals surface area contributed by atoms with Crippen LogP contribution in [0.5, 0.6) is 0 Å². The van der Waals surface area contributed by atoms with Crippen LogP contribution in [0, 0.1) is 0 Å². The van der Waals surface area contributed by atoms with Crippen molar-refractivity contribution in [2.45, 2.75) is 63.6 Å². The van der Waals surface area contributed by atoms with Gasteiger partial charge in [-0.05, 0) is 25.8 Å². The van der Waals surface area contributed by atoms with E-state index in [9.17, 15) is 5.11 Å². The van der Waals surface area contributed by atoms with Gasteiger partial charge < -0.3 is 15.2 Å². The third-order valence-electron chi connectivity index (χ3n) is 4.27. The third kappa shape index (κ3) is 5.41. The molecule has 1 aliphatic rings. The summed E-state index contributed by atoms with van der Waals surface area (Å²) in [7, 11) is 1.65. The third-order valence-corrected chi connectivity index (χ3v) is 4.27. The van der Waals surface area contributed by atoms with Crippen molar-refractivity contribution in [1.29, 1.82) is 0 Å². The Morgan fingerprint density at radius 2 is 2.19 bits per heavy atom. The SMILES string of the molecule is COCCC(C)(O)CNCc1ccn(C2CCCCC2)n1. The summed E-state index contributed by atoms with van der Waals surface area (Å²) in [4.78, 5) is 0. The lowest BCUT2D eigenvalue weighted by Crippen LogP contribution is -2.38. The van der Waals surface area contributed by atoms with Gasteiger partial charge in [-0.2, -0.15) is 5.10 Å². The monoisotopic (exact) mass is 295 g/mol. The molecule has 2 N–H and O–H groups in total.